The Morgan fingerprint density at radius 2 is 1.65 bits per heavy atom. The van der Waals surface area contributed by atoms with Gasteiger partial charge in [0.05, 0.1) is 11.1 Å². The van der Waals surface area contributed by atoms with E-state index in [0.29, 0.717) is 22.3 Å². The molecule has 1 aliphatic carbocycles. The Morgan fingerprint density at radius 3 is 2.35 bits per heavy atom. The summed E-state index contributed by atoms with van der Waals surface area (Å²) in [6, 6.07) is 12.2. The number of rotatable bonds is 5. The van der Waals surface area contributed by atoms with Crippen LogP contribution in [0.5, 0.6) is 0 Å². The number of benzene rings is 2. The second-order valence-electron chi connectivity index (χ2n) is 7.73. The molecule has 0 atom stereocenters. The highest BCUT2D eigenvalue weighted by Gasteiger charge is 2.24. The van der Waals surface area contributed by atoms with E-state index in [4.69, 9.17) is 5.73 Å². The summed E-state index contributed by atoms with van der Waals surface area (Å²) in [5, 5.41) is 6.96. The van der Waals surface area contributed by atoms with Crippen molar-refractivity contribution in [3.05, 3.63) is 71.3 Å². The van der Waals surface area contributed by atoms with Gasteiger partial charge >= 0.3 is 0 Å². The van der Waals surface area contributed by atoms with Crippen LogP contribution in [0.25, 0.3) is 10.9 Å². The van der Waals surface area contributed by atoms with Crippen LogP contribution in [-0.4, -0.2) is 28.9 Å². The number of fused-ring (bicyclic) bond motifs is 1. The summed E-state index contributed by atoms with van der Waals surface area (Å²) in [6.07, 6.45) is 3.01. The number of nitrogens with two attached hydrogens (primary N) is 1. The summed E-state index contributed by atoms with van der Waals surface area (Å²) in [7, 11) is 0. The number of carbonyl (C=O) groups excluding carboxylic acids is 2. The number of nitrogens with one attached hydrogen (secondary N) is 2. The SMILES string of the molecule is NC(=O)c1cc(NC2CCC(NC(=O)c3ccc(F)c(F)c3)CC2)nc2ccccc12. The Labute approximate surface area is 177 Å². The molecule has 1 fully saturated rings. The van der Waals surface area contributed by atoms with E-state index in [1.165, 1.54) is 6.07 Å². The van der Waals surface area contributed by atoms with Crippen molar-refractivity contribution in [2.45, 2.75) is 37.8 Å². The summed E-state index contributed by atoms with van der Waals surface area (Å²) in [6.45, 7) is 0. The van der Waals surface area contributed by atoms with Gasteiger partial charge in [0, 0.05) is 23.0 Å². The van der Waals surface area contributed by atoms with Gasteiger partial charge < -0.3 is 16.4 Å². The van der Waals surface area contributed by atoms with Gasteiger partial charge in [-0.2, -0.15) is 0 Å². The molecule has 8 heteroatoms. The van der Waals surface area contributed by atoms with Gasteiger partial charge in [0.25, 0.3) is 5.91 Å². The van der Waals surface area contributed by atoms with Gasteiger partial charge in [-0.15, -0.1) is 0 Å². The number of hydrogen-bond acceptors (Lipinski definition) is 4. The van der Waals surface area contributed by atoms with Crippen molar-refractivity contribution in [1.29, 1.82) is 0 Å². The first kappa shape index (κ1) is 20.7. The molecular weight excluding hydrogens is 402 g/mol. The van der Waals surface area contributed by atoms with Crippen molar-refractivity contribution < 1.29 is 18.4 Å². The number of amides is 2. The molecule has 0 saturated heterocycles. The van der Waals surface area contributed by atoms with Gasteiger partial charge in [-0.3, -0.25) is 9.59 Å². The fourth-order valence-corrected chi connectivity index (χ4v) is 3.95. The highest BCUT2D eigenvalue weighted by Crippen LogP contribution is 2.25. The maximum atomic E-state index is 13.4. The smallest absolute Gasteiger partial charge is 0.251 e. The molecule has 2 amide bonds. The van der Waals surface area contributed by atoms with Crippen molar-refractivity contribution >= 4 is 28.5 Å². The predicted molar refractivity (Wildman–Crippen MR) is 114 cm³/mol. The number of pyridine rings is 1. The standard InChI is InChI=1S/C23H22F2N4O2/c24-18-10-5-13(11-19(18)25)23(31)28-15-8-6-14(7-9-15)27-21-12-17(22(26)30)16-3-1-2-4-20(16)29-21/h1-5,10-12,14-15H,6-9H2,(H2,26,30)(H,27,29)(H,28,31). The highest BCUT2D eigenvalue weighted by molar-refractivity contribution is 6.06. The number of hydrogen-bond donors (Lipinski definition) is 3. The summed E-state index contributed by atoms with van der Waals surface area (Å²) in [5.41, 5.74) is 6.73. The van der Waals surface area contributed by atoms with E-state index in [1.807, 2.05) is 24.3 Å². The fourth-order valence-electron chi connectivity index (χ4n) is 3.95. The average molecular weight is 424 g/mol. The molecule has 160 valence electrons. The zero-order valence-corrected chi connectivity index (χ0v) is 16.7. The summed E-state index contributed by atoms with van der Waals surface area (Å²) >= 11 is 0. The predicted octanol–water partition coefficient (Wildman–Crippen LogP) is 3.77. The minimum absolute atomic E-state index is 0.0515. The first-order chi connectivity index (χ1) is 14.9. The molecule has 4 N–H and O–H groups in total. The van der Waals surface area contributed by atoms with E-state index in [0.717, 1.165) is 37.8 Å². The molecule has 3 aromatic rings. The first-order valence-electron chi connectivity index (χ1n) is 10.1. The largest absolute Gasteiger partial charge is 0.367 e. The first-order valence-corrected chi connectivity index (χ1v) is 10.1. The highest BCUT2D eigenvalue weighted by atomic mass is 19.2. The summed E-state index contributed by atoms with van der Waals surface area (Å²) in [5.74, 6) is -2.37. The van der Waals surface area contributed by atoms with Crippen molar-refractivity contribution in [2.75, 3.05) is 5.32 Å². The van der Waals surface area contributed by atoms with Gasteiger partial charge in [0.2, 0.25) is 5.91 Å². The van der Waals surface area contributed by atoms with Crippen LogP contribution >= 0.6 is 0 Å². The van der Waals surface area contributed by atoms with Crippen molar-refractivity contribution in [2.24, 2.45) is 5.73 Å². The molecule has 1 heterocycles. The summed E-state index contributed by atoms with van der Waals surface area (Å²) < 4.78 is 26.4. The van der Waals surface area contributed by atoms with E-state index in [1.54, 1.807) is 6.07 Å². The van der Waals surface area contributed by atoms with Crippen LogP contribution in [0, 0.1) is 11.6 Å². The lowest BCUT2D eigenvalue weighted by Gasteiger charge is -2.30. The Morgan fingerprint density at radius 1 is 0.935 bits per heavy atom. The van der Waals surface area contributed by atoms with Crippen molar-refractivity contribution in [1.82, 2.24) is 10.3 Å². The number of anilines is 1. The molecule has 2 aromatic carbocycles. The third-order valence-corrected chi connectivity index (χ3v) is 5.58. The van der Waals surface area contributed by atoms with Crippen LogP contribution < -0.4 is 16.4 Å². The van der Waals surface area contributed by atoms with E-state index in [2.05, 4.69) is 15.6 Å². The molecule has 0 aliphatic heterocycles. The minimum atomic E-state index is -1.04. The molecule has 4 rings (SSSR count). The van der Waals surface area contributed by atoms with Crippen LogP contribution in [0.15, 0.2) is 48.5 Å². The number of halogens is 2. The van der Waals surface area contributed by atoms with Gasteiger partial charge in [-0.25, -0.2) is 13.8 Å². The molecular formula is C23H22F2N4O2. The van der Waals surface area contributed by atoms with E-state index in [-0.39, 0.29) is 17.6 Å². The minimum Gasteiger partial charge on any atom is -0.367 e. The van der Waals surface area contributed by atoms with Crippen molar-refractivity contribution in [3.8, 4) is 0 Å². The quantitative estimate of drug-likeness (QED) is 0.581. The topological polar surface area (TPSA) is 97.1 Å². The van der Waals surface area contributed by atoms with Gasteiger partial charge in [-0.05, 0) is 56.0 Å². The zero-order valence-electron chi connectivity index (χ0n) is 16.7. The fraction of sp³-hybridized carbons (Fsp3) is 0.261. The third-order valence-electron chi connectivity index (χ3n) is 5.58. The van der Waals surface area contributed by atoms with Crippen LogP contribution in [-0.2, 0) is 0 Å². The van der Waals surface area contributed by atoms with Crippen LogP contribution in [0.1, 0.15) is 46.4 Å². The molecule has 0 bridgehead atoms. The van der Waals surface area contributed by atoms with Gasteiger partial charge in [0.1, 0.15) is 5.82 Å². The maximum Gasteiger partial charge on any atom is 0.251 e. The number of primary amides is 1. The van der Waals surface area contributed by atoms with Crippen LogP contribution in [0.4, 0.5) is 14.6 Å². The van der Waals surface area contributed by atoms with E-state index >= 15 is 0 Å². The monoisotopic (exact) mass is 424 g/mol. The molecule has 6 nitrogen and oxygen atoms in total. The van der Waals surface area contributed by atoms with Crippen molar-refractivity contribution in [3.63, 3.8) is 0 Å². The Bertz CT molecular complexity index is 1140. The van der Waals surface area contributed by atoms with Gasteiger partial charge in [0.15, 0.2) is 11.6 Å². The second kappa shape index (κ2) is 8.67. The van der Waals surface area contributed by atoms with E-state index in [9.17, 15) is 18.4 Å². The molecule has 0 unspecified atom stereocenters. The molecule has 0 radical (unpaired) electrons. The molecule has 31 heavy (non-hydrogen) atoms. The molecule has 1 aromatic heterocycles. The Balaban J connectivity index is 1.37. The van der Waals surface area contributed by atoms with Crippen LogP contribution in [0.2, 0.25) is 0 Å². The number of carbonyl (C=O) groups is 2. The van der Waals surface area contributed by atoms with Crippen LogP contribution in [0.3, 0.4) is 0 Å². The number of nitrogens with zero attached hydrogens (tertiary/aromatic N) is 1. The molecule has 1 aliphatic rings. The lowest BCUT2D eigenvalue weighted by atomic mass is 9.91. The number of para-hydroxylation sites is 1. The lowest BCUT2D eigenvalue weighted by Crippen LogP contribution is -2.40. The third kappa shape index (κ3) is 4.63. The molecule has 1 saturated carbocycles. The average Bonchev–Trinajstić information content (AvgIpc) is 2.76. The maximum absolute atomic E-state index is 13.4. The number of aromatic nitrogens is 1. The second-order valence-corrected chi connectivity index (χ2v) is 7.73. The summed E-state index contributed by atoms with van der Waals surface area (Å²) in [4.78, 5) is 28.7. The van der Waals surface area contributed by atoms with Gasteiger partial charge in [-0.1, -0.05) is 18.2 Å². The lowest BCUT2D eigenvalue weighted by molar-refractivity contribution is 0.0925. The Hall–Kier alpha value is -3.55. The van der Waals surface area contributed by atoms with E-state index < -0.39 is 23.4 Å². The molecule has 0 spiro atoms. The zero-order chi connectivity index (χ0) is 22.0. The Kier molecular flexibility index (Phi) is 5.79. The normalized spacial score (nSPS) is 18.5.